The second-order valence-electron chi connectivity index (χ2n) is 8.93. The Hall–Kier alpha value is -3.35. The molecule has 0 fully saturated rings. The molecule has 176 valence electrons. The fraction of sp³-hybridized carbons (Fsp3) is 0.423. The van der Waals surface area contributed by atoms with Crippen LogP contribution in [0.25, 0.3) is 11.1 Å². The highest BCUT2D eigenvalue weighted by molar-refractivity contribution is 5.81. The Morgan fingerprint density at radius 3 is 2.06 bits per heavy atom. The number of fused-ring (bicyclic) bond motifs is 3. The van der Waals surface area contributed by atoms with Gasteiger partial charge >= 0.3 is 12.1 Å². The van der Waals surface area contributed by atoms with E-state index in [4.69, 9.17) is 9.84 Å². The van der Waals surface area contributed by atoms with E-state index in [0.29, 0.717) is 0 Å². The molecule has 0 bridgehead atoms. The zero-order chi connectivity index (χ0) is 24.1. The lowest BCUT2D eigenvalue weighted by Crippen LogP contribution is -2.48. The van der Waals surface area contributed by atoms with E-state index in [9.17, 15) is 14.4 Å². The normalized spacial score (nSPS) is 14.2. The van der Waals surface area contributed by atoms with Crippen molar-refractivity contribution in [3.63, 3.8) is 0 Å². The molecule has 2 amide bonds. The Kier molecular flexibility index (Phi) is 7.74. The Balaban J connectivity index is 1.63. The lowest BCUT2D eigenvalue weighted by atomic mass is 9.88. The summed E-state index contributed by atoms with van der Waals surface area (Å²) in [5.41, 5.74) is 4.58. The van der Waals surface area contributed by atoms with E-state index in [1.54, 1.807) is 14.0 Å². The zero-order valence-electron chi connectivity index (χ0n) is 19.6. The molecule has 2 N–H and O–H groups in total. The third-order valence-corrected chi connectivity index (χ3v) is 6.27. The number of carboxylic acid groups (broad SMARTS) is 1. The van der Waals surface area contributed by atoms with Crippen molar-refractivity contribution in [3.05, 3.63) is 59.7 Å². The van der Waals surface area contributed by atoms with Crippen molar-refractivity contribution in [1.82, 2.24) is 10.2 Å². The van der Waals surface area contributed by atoms with Crippen LogP contribution in [-0.4, -0.2) is 54.2 Å². The maximum atomic E-state index is 12.9. The molecule has 0 heterocycles. The van der Waals surface area contributed by atoms with Crippen LogP contribution in [0.15, 0.2) is 48.5 Å². The summed E-state index contributed by atoms with van der Waals surface area (Å²) < 4.78 is 5.61. The van der Waals surface area contributed by atoms with Crippen molar-refractivity contribution in [2.45, 2.75) is 39.2 Å². The summed E-state index contributed by atoms with van der Waals surface area (Å²) >= 11 is 0. The van der Waals surface area contributed by atoms with E-state index in [2.05, 4.69) is 29.6 Å². The number of nitrogens with one attached hydrogen (secondary N) is 1. The minimum absolute atomic E-state index is 0.0388. The first kappa shape index (κ1) is 24.3. The highest BCUT2D eigenvalue weighted by atomic mass is 16.5. The SMILES string of the molecule is CC(C)C(C(=O)N(C)CCC(=O)O)C(C)NC(=O)OCC1c2ccccc2-c2ccccc21. The van der Waals surface area contributed by atoms with Gasteiger partial charge in [0.05, 0.1) is 12.3 Å². The first-order valence-corrected chi connectivity index (χ1v) is 11.3. The highest BCUT2D eigenvalue weighted by Gasteiger charge is 2.33. The van der Waals surface area contributed by atoms with Crippen LogP contribution in [0.4, 0.5) is 4.79 Å². The molecule has 3 rings (SSSR count). The summed E-state index contributed by atoms with van der Waals surface area (Å²) in [4.78, 5) is 37.8. The monoisotopic (exact) mass is 452 g/mol. The van der Waals surface area contributed by atoms with Gasteiger partial charge in [0.1, 0.15) is 6.61 Å². The number of hydrogen-bond acceptors (Lipinski definition) is 4. The molecule has 2 aromatic carbocycles. The second kappa shape index (κ2) is 10.5. The lowest BCUT2D eigenvalue weighted by molar-refractivity contribution is -0.139. The van der Waals surface area contributed by atoms with Gasteiger partial charge in [-0.25, -0.2) is 4.79 Å². The average Bonchev–Trinajstić information content (AvgIpc) is 3.09. The number of nitrogens with zero attached hydrogens (tertiary/aromatic N) is 1. The van der Waals surface area contributed by atoms with Crippen molar-refractivity contribution in [3.8, 4) is 11.1 Å². The van der Waals surface area contributed by atoms with Gasteiger partial charge in [0.15, 0.2) is 0 Å². The first-order valence-electron chi connectivity index (χ1n) is 11.3. The van der Waals surface area contributed by atoms with E-state index in [0.717, 1.165) is 22.3 Å². The summed E-state index contributed by atoms with van der Waals surface area (Å²) in [7, 11) is 1.58. The van der Waals surface area contributed by atoms with Crippen molar-refractivity contribution in [2.75, 3.05) is 20.2 Å². The third kappa shape index (κ3) is 5.53. The number of hydrogen-bond donors (Lipinski definition) is 2. The molecular formula is C26H32N2O5. The molecule has 0 saturated carbocycles. The fourth-order valence-corrected chi connectivity index (χ4v) is 4.62. The van der Waals surface area contributed by atoms with Gasteiger partial charge < -0.3 is 20.1 Å². The van der Waals surface area contributed by atoms with Crippen molar-refractivity contribution >= 4 is 18.0 Å². The van der Waals surface area contributed by atoms with Gasteiger partial charge in [0, 0.05) is 25.6 Å². The van der Waals surface area contributed by atoms with Gasteiger partial charge in [-0.15, -0.1) is 0 Å². The second-order valence-corrected chi connectivity index (χ2v) is 8.93. The standard InChI is InChI=1S/C26H32N2O5/c1-16(2)24(25(31)28(4)14-13-23(29)30)17(3)27-26(32)33-15-22-20-11-7-5-9-18(20)19-10-6-8-12-21(19)22/h5-12,16-17,22,24H,13-15H2,1-4H3,(H,27,32)(H,29,30). The first-order chi connectivity index (χ1) is 15.7. The largest absolute Gasteiger partial charge is 0.481 e. The molecule has 33 heavy (non-hydrogen) atoms. The summed E-state index contributed by atoms with van der Waals surface area (Å²) in [6.07, 6.45) is -0.697. The van der Waals surface area contributed by atoms with E-state index in [1.807, 2.05) is 38.1 Å². The summed E-state index contributed by atoms with van der Waals surface area (Å²) in [5.74, 6) is -1.74. The average molecular weight is 453 g/mol. The van der Waals surface area contributed by atoms with Crippen LogP contribution in [-0.2, 0) is 14.3 Å². The number of carboxylic acids is 1. The zero-order valence-corrected chi connectivity index (χ0v) is 19.6. The molecule has 2 unspecified atom stereocenters. The van der Waals surface area contributed by atoms with Crippen molar-refractivity contribution in [2.24, 2.45) is 11.8 Å². The molecule has 2 atom stereocenters. The van der Waals surface area contributed by atoms with E-state index in [-0.39, 0.29) is 37.3 Å². The van der Waals surface area contributed by atoms with Gasteiger partial charge in [0.2, 0.25) is 5.91 Å². The van der Waals surface area contributed by atoms with Gasteiger partial charge in [-0.1, -0.05) is 62.4 Å². The van der Waals surface area contributed by atoms with Crippen LogP contribution < -0.4 is 5.32 Å². The van der Waals surface area contributed by atoms with Crippen LogP contribution in [0.2, 0.25) is 0 Å². The van der Waals surface area contributed by atoms with Crippen molar-refractivity contribution in [1.29, 1.82) is 0 Å². The Morgan fingerprint density at radius 1 is 1.00 bits per heavy atom. The predicted octanol–water partition coefficient (Wildman–Crippen LogP) is 4.12. The molecule has 0 spiro atoms. The third-order valence-electron chi connectivity index (χ3n) is 6.27. The van der Waals surface area contributed by atoms with Crippen LogP contribution >= 0.6 is 0 Å². The van der Waals surface area contributed by atoms with E-state index >= 15 is 0 Å². The molecule has 0 aliphatic heterocycles. The number of carbonyl (C=O) groups is 3. The molecule has 1 aliphatic rings. The topological polar surface area (TPSA) is 95.9 Å². The molecule has 1 aliphatic carbocycles. The van der Waals surface area contributed by atoms with Crippen molar-refractivity contribution < 1.29 is 24.2 Å². The number of aliphatic carboxylic acids is 1. The highest BCUT2D eigenvalue weighted by Crippen LogP contribution is 2.44. The maximum absolute atomic E-state index is 12.9. The number of carbonyl (C=O) groups excluding carboxylic acids is 2. The van der Waals surface area contributed by atoms with Crippen LogP contribution in [0.5, 0.6) is 0 Å². The van der Waals surface area contributed by atoms with Gasteiger partial charge in [-0.05, 0) is 35.1 Å². The number of ether oxygens (including phenoxy) is 1. The van der Waals surface area contributed by atoms with Gasteiger partial charge in [-0.2, -0.15) is 0 Å². The Morgan fingerprint density at radius 2 is 1.55 bits per heavy atom. The van der Waals surface area contributed by atoms with Crippen LogP contribution in [0.1, 0.15) is 44.2 Å². The number of alkyl carbamates (subject to hydrolysis) is 1. The number of benzene rings is 2. The minimum atomic E-state index is -0.958. The Bertz CT molecular complexity index is 974. The summed E-state index contributed by atoms with van der Waals surface area (Å²) in [6.45, 7) is 5.91. The van der Waals surface area contributed by atoms with Gasteiger partial charge in [-0.3, -0.25) is 9.59 Å². The van der Waals surface area contributed by atoms with E-state index in [1.165, 1.54) is 4.90 Å². The smallest absolute Gasteiger partial charge is 0.407 e. The maximum Gasteiger partial charge on any atom is 0.407 e. The van der Waals surface area contributed by atoms with Crippen LogP contribution in [0.3, 0.4) is 0 Å². The molecule has 7 nitrogen and oxygen atoms in total. The molecule has 0 radical (unpaired) electrons. The van der Waals surface area contributed by atoms with Crippen LogP contribution in [0, 0.1) is 11.8 Å². The fourth-order valence-electron chi connectivity index (χ4n) is 4.62. The molecule has 0 saturated heterocycles. The Labute approximate surface area is 194 Å². The van der Waals surface area contributed by atoms with Gasteiger partial charge in [0.25, 0.3) is 0 Å². The molecular weight excluding hydrogens is 420 g/mol. The number of rotatable bonds is 9. The minimum Gasteiger partial charge on any atom is -0.481 e. The summed E-state index contributed by atoms with van der Waals surface area (Å²) in [6, 6.07) is 15.8. The number of amides is 2. The predicted molar refractivity (Wildman–Crippen MR) is 126 cm³/mol. The quantitative estimate of drug-likeness (QED) is 0.597. The lowest BCUT2D eigenvalue weighted by Gasteiger charge is -2.30. The molecule has 2 aromatic rings. The molecule has 7 heteroatoms. The van der Waals surface area contributed by atoms with E-state index < -0.39 is 24.0 Å². The summed E-state index contributed by atoms with van der Waals surface area (Å²) in [5, 5.41) is 11.7. The molecule has 0 aromatic heterocycles.